The van der Waals surface area contributed by atoms with E-state index >= 15 is 0 Å². The summed E-state index contributed by atoms with van der Waals surface area (Å²) < 4.78 is 2.99. The van der Waals surface area contributed by atoms with Gasteiger partial charge in [-0.15, -0.1) is 0 Å². The van der Waals surface area contributed by atoms with Gasteiger partial charge in [0.1, 0.15) is 0 Å². The SMILES string of the molecule is CC1=C(Br)CN(C(=O)Nc2cc(C3CC3)n(C)n2)CC1. The molecular weight excluding hydrogens is 320 g/mol. The monoisotopic (exact) mass is 338 g/mol. The van der Waals surface area contributed by atoms with Gasteiger partial charge in [-0.05, 0) is 26.2 Å². The maximum absolute atomic E-state index is 12.2. The molecule has 2 heterocycles. The summed E-state index contributed by atoms with van der Waals surface area (Å²) in [4.78, 5) is 14.1. The minimum absolute atomic E-state index is 0.0742. The molecule has 2 amide bonds. The van der Waals surface area contributed by atoms with E-state index in [0.29, 0.717) is 18.3 Å². The maximum Gasteiger partial charge on any atom is 0.323 e. The molecule has 1 N–H and O–H groups in total. The number of urea groups is 1. The lowest BCUT2D eigenvalue weighted by Gasteiger charge is -2.27. The molecular formula is C14H19BrN4O. The van der Waals surface area contributed by atoms with E-state index in [2.05, 4.69) is 33.3 Å². The number of nitrogens with zero attached hydrogens (tertiary/aromatic N) is 3. The number of aromatic nitrogens is 2. The molecule has 0 atom stereocenters. The molecule has 5 nitrogen and oxygen atoms in total. The minimum atomic E-state index is -0.0742. The predicted molar refractivity (Wildman–Crippen MR) is 82.0 cm³/mol. The fourth-order valence-electron chi connectivity index (χ4n) is 2.49. The molecule has 6 heteroatoms. The summed E-state index contributed by atoms with van der Waals surface area (Å²) in [6.07, 6.45) is 3.38. The van der Waals surface area contributed by atoms with E-state index in [1.54, 1.807) is 0 Å². The number of anilines is 1. The Kier molecular flexibility index (Phi) is 3.58. The molecule has 3 rings (SSSR count). The van der Waals surface area contributed by atoms with Crippen LogP contribution in [0.3, 0.4) is 0 Å². The lowest BCUT2D eigenvalue weighted by atomic mass is 10.1. The van der Waals surface area contributed by atoms with Gasteiger partial charge in [-0.3, -0.25) is 10.00 Å². The van der Waals surface area contributed by atoms with Gasteiger partial charge in [0.05, 0.1) is 6.54 Å². The van der Waals surface area contributed by atoms with Crippen LogP contribution in [0.4, 0.5) is 10.6 Å². The van der Waals surface area contributed by atoms with Crippen molar-refractivity contribution in [2.75, 3.05) is 18.4 Å². The molecule has 0 aromatic carbocycles. The predicted octanol–water partition coefficient (Wildman–Crippen LogP) is 3.20. The first-order valence-electron chi connectivity index (χ1n) is 6.98. The number of carbonyl (C=O) groups excluding carboxylic acids is 1. The van der Waals surface area contributed by atoms with Crippen molar-refractivity contribution >= 4 is 27.8 Å². The third kappa shape index (κ3) is 2.75. The van der Waals surface area contributed by atoms with Crippen molar-refractivity contribution < 1.29 is 4.79 Å². The second kappa shape index (κ2) is 5.24. The number of hydrogen-bond donors (Lipinski definition) is 1. The lowest BCUT2D eigenvalue weighted by molar-refractivity contribution is 0.215. The van der Waals surface area contributed by atoms with Crippen LogP contribution in [0.5, 0.6) is 0 Å². The molecule has 20 heavy (non-hydrogen) atoms. The van der Waals surface area contributed by atoms with Gasteiger partial charge in [-0.2, -0.15) is 5.10 Å². The number of halogens is 1. The molecule has 1 aliphatic carbocycles. The van der Waals surface area contributed by atoms with Crippen molar-refractivity contribution in [2.24, 2.45) is 7.05 Å². The summed E-state index contributed by atoms with van der Waals surface area (Å²) in [5.41, 5.74) is 2.54. The molecule has 0 saturated heterocycles. The van der Waals surface area contributed by atoms with Crippen molar-refractivity contribution in [2.45, 2.75) is 32.1 Å². The van der Waals surface area contributed by atoms with E-state index < -0.39 is 0 Å². The van der Waals surface area contributed by atoms with Gasteiger partial charge < -0.3 is 4.90 Å². The van der Waals surface area contributed by atoms with E-state index in [-0.39, 0.29) is 6.03 Å². The van der Waals surface area contributed by atoms with E-state index in [1.807, 2.05) is 22.7 Å². The highest BCUT2D eigenvalue weighted by atomic mass is 79.9. The lowest BCUT2D eigenvalue weighted by Crippen LogP contribution is -2.39. The Hall–Kier alpha value is -1.30. The average Bonchev–Trinajstić information content (AvgIpc) is 3.17. The molecule has 0 bridgehead atoms. The topological polar surface area (TPSA) is 50.2 Å². The van der Waals surface area contributed by atoms with Crippen LogP contribution in [0.2, 0.25) is 0 Å². The molecule has 1 saturated carbocycles. The molecule has 1 aliphatic heterocycles. The number of rotatable bonds is 2. The minimum Gasteiger partial charge on any atom is -0.319 e. The number of amides is 2. The first-order valence-corrected chi connectivity index (χ1v) is 7.78. The second-order valence-electron chi connectivity index (χ2n) is 5.64. The molecule has 1 aromatic rings. The van der Waals surface area contributed by atoms with Crippen LogP contribution < -0.4 is 5.32 Å². The van der Waals surface area contributed by atoms with Crippen LogP contribution in [0.1, 0.15) is 37.8 Å². The Bertz CT molecular complexity index is 574. The quantitative estimate of drug-likeness (QED) is 0.900. The first kappa shape index (κ1) is 13.7. The zero-order valence-corrected chi connectivity index (χ0v) is 13.4. The third-order valence-electron chi connectivity index (χ3n) is 3.98. The van der Waals surface area contributed by atoms with Gasteiger partial charge in [0.2, 0.25) is 0 Å². The number of aryl methyl sites for hydroxylation is 1. The fourth-order valence-corrected chi connectivity index (χ4v) is 2.99. The highest BCUT2D eigenvalue weighted by Gasteiger charge is 2.28. The van der Waals surface area contributed by atoms with Gasteiger partial charge in [0.15, 0.2) is 5.82 Å². The third-order valence-corrected chi connectivity index (χ3v) is 4.91. The van der Waals surface area contributed by atoms with Crippen LogP contribution in [0.25, 0.3) is 0 Å². The van der Waals surface area contributed by atoms with Crippen LogP contribution in [0.15, 0.2) is 16.1 Å². The number of hydrogen-bond acceptors (Lipinski definition) is 2. The van der Waals surface area contributed by atoms with Crippen molar-refractivity contribution in [3.8, 4) is 0 Å². The number of carbonyl (C=O) groups is 1. The Labute approximate surface area is 127 Å². The zero-order chi connectivity index (χ0) is 14.3. The highest BCUT2D eigenvalue weighted by molar-refractivity contribution is 9.11. The van der Waals surface area contributed by atoms with Crippen molar-refractivity contribution in [3.05, 3.63) is 21.8 Å². The van der Waals surface area contributed by atoms with Gasteiger partial charge in [0.25, 0.3) is 0 Å². The molecule has 1 aromatic heterocycles. The molecule has 2 aliphatic rings. The largest absolute Gasteiger partial charge is 0.323 e. The number of nitrogens with one attached hydrogen (secondary N) is 1. The summed E-state index contributed by atoms with van der Waals surface area (Å²) in [5.74, 6) is 1.29. The molecule has 108 valence electrons. The zero-order valence-electron chi connectivity index (χ0n) is 11.8. The van der Waals surface area contributed by atoms with Crippen LogP contribution in [-0.2, 0) is 7.05 Å². The molecule has 0 unspecified atom stereocenters. The maximum atomic E-state index is 12.2. The van der Waals surface area contributed by atoms with E-state index in [9.17, 15) is 4.79 Å². The van der Waals surface area contributed by atoms with Crippen molar-refractivity contribution in [1.82, 2.24) is 14.7 Å². The summed E-state index contributed by atoms with van der Waals surface area (Å²) in [6, 6.07) is 1.92. The molecule has 0 radical (unpaired) electrons. The Morgan fingerprint density at radius 3 is 2.90 bits per heavy atom. The summed E-state index contributed by atoms with van der Waals surface area (Å²) in [7, 11) is 1.94. The van der Waals surface area contributed by atoms with Gasteiger partial charge >= 0.3 is 6.03 Å². The van der Waals surface area contributed by atoms with Gasteiger partial charge in [-0.1, -0.05) is 21.5 Å². The van der Waals surface area contributed by atoms with Crippen molar-refractivity contribution in [1.29, 1.82) is 0 Å². The van der Waals surface area contributed by atoms with E-state index in [0.717, 1.165) is 17.4 Å². The Balaban J connectivity index is 1.66. The fraction of sp³-hybridized carbons (Fsp3) is 0.571. The van der Waals surface area contributed by atoms with Crippen molar-refractivity contribution in [3.63, 3.8) is 0 Å². The van der Waals surface area contributed by atoms with Crippen LogP contribution in [0, 0.1) is 0 Å². The Morgan fingerprint density at radius 2 is 2.25 bits per heavy atom. The van der Waals surface area contributed by atoms with Crippen LogP contribution in [-0.4, -0.2) is 33.8 Å². The first-order chi connectivity index (χ1) is 9.54. The van der Waals surface area contributed by atoms with E-state index in [4.69, 9.17) is 0 Å². The molecule has 0 spiro atoms. The van der Waals surface area contributed by atoms with Gasteiger partial charge in [0, 0.05) is 35.8 Å². The summed E-state index contributed by atoms with van der Waals surface area (Å²) >= 11 is 3.53. The highest BCUT2D eigenvalue weighted by Crippen LogP contribution is 2.40. The normalized spacial score (nSPS) is 19.4. The second-order valence-corrected chi connectivity index (χ2v) is 6.60. The Morgan fingerprint density at radius 1 is 1.50 bits per heavy atom. The summed E-state index contributed by atoms with van der Waals surface area (Å²) in [6.45, 7) is 3.50. The van der Waals surface area contributed by atoms with Gasteiger partial charge in [-0.25, -0.2) is 4.79 Å². The van der Waals surface area contributed by atoms with Crippen LogP contribution >= 0.6 is 15.9 Å². The smallest absolute Gasteiger partial charge is 0.319 e. The standard InChI is InChI=1S/C14H19BrN4O/c1-9-5-6-19(8-11(9)15)14(20)16-13-7-12(10-3-4-10)18(2)17-13/h7,10H,3-6,8H2,1-2H3,(H,16,17,20). The molecule has 1 fully saturated rings. The average molecular weight is 339 g/mol. The summed E-state index contributed by atoms with van der Waals surface area (Å²) in [5, 5.41) is 7.28. The van der Waals surface area contributed by atoms with E-state index in [1.165, 1.54) is 24.1 Å².